The lowest BCUT2D eigenvalue weighted by atomic mass is 10.0. The molecule has 0 saturated carbocycles. The van der Waals surface area contributed by atoms with Crippen LogP contribution < -0.4 is 9.46 Å². The molecule has 29 heavy (non-hydrogen) atoms. The third-order valence-electron chi connectivity index (χ3n) is 5.30. The van der Waals surface area contributed by atoms with Crippen molar-refractivity contribution in [3.63, 3.8) is 0 Å². The van der Waals surface area contributed by atoms with Gasteiger partial charge >= 0.3 is 0 Å². The first-order valence-corrected chi connectivity index (χ1v) is 11.4. The number of ether oxygens (including phenoxy) is 2. The number of nitrogens with zero attached hydrogens (tertiary/aromatic N) is 1. The molecule has 4 rings (SSSR count). The molecule has 2 aliphatic heterocycles. The Kier molecular flexibility index (Phi) is 6.17. The van der Waals surface area contributed by atoms with Crippen molar-refractivity contribution in [3.8, 4) is 11.5 Å². The van der Waals surface area contributed by atoms with E-state index in [4.69, 9.17) is 14.3 Å². The van der Waals surface area contributed by atoms with Crippen molar-refractivity contribution in [2.24, 2.45) is 0 Å². The van der Waals surface area contributed by atoms with E-state index in [9.17, 15) is 8.42 Å². The molecule has 2 fully saturated rings. The molecule has 7 nitrogen and oxygen atoms in total. The van der Waals surface area contributed by atoms with Crippen LogP contribution in [0.4, 0.5) is 0 Å². The molecular weight excluding hydrogens is 392 g/mol. The Hall–Kier alpha value is -1.97. The SMILES string of the molecule is CN1OC[C@H](S(=O)(=O)NC[C@H]2CCCO2)[C@H]1c1cccc(Oc2ccccc2)c1. The summed E-state index contributed by atoms with van der Waals surface area (Å²) in [7, 11) is -1.83. The van der Waals surface area contributed by atoms with E-state index >= 15 is 0 Å². The van der Waals surface area contributed by atoms with Crippen molar-refractivity contribution in [3.05, 3.63) is 60.2 Å². The maximum atomic E-state index is 13.0. The predicted octanol–water partition coefficient (Wildman–Crippen LogP) is 2.86. The summed E-state index contributed by atoms with van der Waals surface area (Å²) in [5.74, 6) is 1.38. The van der Waals surface area contributed by atoms with E-state index in [1.165, 1.54) is 0 Å². The van der Waals surface area contributed by atoms with Crippen molar-refractivity contribution in [1.29, 1.82) is 0 Å². The second-order valence-electron chi connectivity index (χ2n) is 7.34. The minimum atomic E-state index is -3.59. The molecule has 1 N–H and O–H groups in total. The van der Waals surface area contributed by atoms with Crippen LogP contribution in [0.1, 0.15) is 24.4 Å². The van der Waals surface area contributed by atoms with Gasteiger partial charge in [0.1, 0.15) is 16.7 Å². The highest BCUT2D eigenvalue weighted by molar-refractivity contribution is 7.90. The third kappa shape index (κ3) is 4.79. The van der Waals surface area contributed by atoms with E-state index in [0.717, 1.165) is 24.2 Å². The molecule has 2 aliphatic rings. The van der Waals surface area contributed by atoms with Gasteiger partial charge in [-0.15, -0.1) is 0 Å². The highest BCUT2D eigenvalue weighted by Crippen LogP contribution is 2.35. The summed E-state index contributed by atoms with van der Waals surface area (Å²) >= 11 is 0. The van der Waals surface area contributed by atoms with Crippen molar-refractivity contribution in [2.45, 2.75) is 30.2 Å². The van der Waals surface area contributed by atoms with Crippen LogP contribution in [-0.4, -0.2) is 51.6 Å². The number of rotatable bonds is 7. The van der Waals surface area contributed by atoms with Crippen molar-refractivity contribution in [1.82, 2.24) is 9.79 Å². The van der Waals surface area contributed by atoms with Crippen molar-refractivity contribution >= 4 is 10.0 Å². The molecule has 0 aromatic heterocycles. The van der Waals surface area contributed by atoms with Gasteiger partial charge in [0, 0.05) is 20.2 Å². The van der Waals surface area contributed by atoms with E-state index < -0.39 is 21.3 Å². The number of sulfonamides is 1. The molecule has 2 aromatic rings. The fourth-order valence-corrected chi connectivity index (χ4v) is 5.33. The van der Waals surface area contributed by atoms with Gasteiger partial charge in [-0.2, -0.15) is 5.06 Å². The topological polar surface area (TPSA) is 77.1 Å². The zero-order chi connectivity index (χ0) is 20.3. The first-order chi connectivity index (χ1) is 14.0. The fourth-order valence-electron chi connectivity index (χ4n) is 3.79. The average molecular weight is 419 g/mol. The lowest BCUT2D eigenvalue weighted by Gasteiger charge is -2.24. The number of hydroxylamine groups is 2. The molecule has 2 aromatic carbocycles. The van der Waals surface area contributed by atoms with E-state index in [2.05, 4.69) is 4.72 Å². The van der Waals surface area contributed by atoms with Crippen LogP contribution >= 0.6 is 0 Å². The highest BCUT2D eigenvalue weighted by atomic mass is 32.2. The van der Waals surface area contributed by atoms with Crippen LogP contribution in [0.5, 0.6) is 11.5 Å². The van der Waals surface area contributed by atoms with Crippen LogP contribution in [0.2, 0.25) is 0 Å². The number of para-hydroxylation sites is 1. The molecule has 2 saturated heterocycles. The van der Waals surface area contributed by atoms with Gasteiger partial charge in [-0.3, -0.25) is 4.84 Å². The summed E-state index contributed by atoms with van der Waals surface area (Å²) in [5.41, 5.74) is 0.825. The molecule has 0 unspecified atom stereocenters. The summed E-state index contributed by atoms with van der Waals surface area (Å²) in [6.07, 6.45) is 1.80. The Labute approximate surface area is 171 Å². The predicted molar refractivity (Wildman–Crippen MR) is 109 cm³/mol. The molecule has 2 heterocycles. The van der Waals surface area contributed by atoms with Gasteiger partial charge in [0.15, 0.2) is 0 Å². The number of nitrogens with one attached hydrogen (secondary N) is 1. The van der Waals surface area contributed by atoms with Crippen LogP contribution in [0.25, 0.3) is 0 Å². The highest BCUT2D eigenvalue weighted by Gasteiger charge is 2.43. The van der Waals surface area contributed by atoms with Crippen LogP contribution in [0.15, 0.2) is 54.6 Å². The van der Waals surface area contributed by atoms with E-state index in [1.807, 2.05) is 54.6 Å². The number of hydrogen-bond acceptors (Lipinski definition) is 6. The van der Waals surface area contributed by atoms with E-state index in [-0.39, 0.29) is 12.7 Å². The Morgan fingerprint density at radius 1 is 1.14 bits per heavy atom. The molecule has 0 radical (unpaired) electrons. The molecule has 3 atom stereocenters. The maximum absolute atomic E-state index is 13.0. The molecule has 156 valence electrons. The zero-order valence-electron chi connectivity index (χ0n) is 16.4. The second-order valence-corrected chi connectivity index (χ2v) is 9.33. The zero-order valence-corrected chi connectivity index (χ0v) is 17.2. The lowest BCUT2D eigenvalue weighted by molar-refractivity contribution is -0.110. The Bertz CT molecular complexity index is 916. The number of hydrogen-bond donors (Lipinski definition) is 1. The molecule has 0 amide bonds. The molecule has 8 heteroatoms. The molecule has 0 aliphatic carbocycles. The maximum Gasteiger partial charge on any atom is 0.218 e. The van der Waals surface area contributed by atoms with Gasteiger partial charge in [0.2, 0.25) is 10.0 Å². The van der Waals surface area contributed by atoms with Gasteiger partial charge in [-0.05, 0) is 42.7 Å². The summed E-state index contributed by atoms with van der Waals surface area (Å²) in [6.45, 7) is 1.09. The molecule has 0 spiro atoms. The minimum Gasteiger partial charge on any atom is -0.457 e. The van der Waals surface area contributed by atoms with Crippen LogP contribution in [0, 0.1) is 0 Å². The quantitative estimate of drug-likeness (QED) is 0.745. The Morgan fingerprint density at radius 3 is 2.69 bits per heavy atom. The van der Waals surface area contributed by atoms with Crippen LogP contribution in [-0.2, 0) is 19.6 Å². The number of benzene rings is 2. The van der Waals surface area contributed by atoms with Crippen molar-refractivity contribution < 1.29 is 22.7 Å². The Balaban J connectivity index is 1.51. The second kappa shape index (κ2) is 8.81. The normalized spacial score (nSPS) is 25.3. The monoisotopic (exact) mass is 418 g/mol. The van der Waals surface area contributed by atoms with E-state index in [0.29, 0.717) is 18.9 Å². The van der Waals surface area contributed by atoms with E-state index in [1.54, 1.807) is 12.1 Å². The van der Waals surface area contributed by atoms with Gasteiger partial charge in [-0.1, -0.05) is 30.3 Å². The van der Waals surface area contributed by atoms with Gasteiger partial charge < -0.3 is 9.47 Å². The summed E-state index contributed by atoms with van der Waals surface area (Å²) in [6, 6.07) is 16.5. The van der Waals surface area contributed by atoms with Gasteiger partial charge in [-0.25, -0.2) is 13.1 Å². The van der Waals surface area contributed by atoms with Crippen LogP contribution in [0.3, 0.4) is 0 Å². The lowest BCUT2D eigenvalue weighted by Crippen LogP contribution is -2.42. The molecular formula is C21H26N2O5S. The standard InChI is InChI=1S/C21H26N2O5S/c1-23-21(16-7-5-10-18(13-16)28-17-8-3-2-4-9-17)20(15-27-23)29(24,25)22-14-19-11-6-12-26-19/h2-5,7-10,13,19-22H,6,11-12,14-15H2,1H3/t19-,20+,21-/m1/s1. The smallest absolute Gasteiger partial charge is 0.218 e. The fraction of sp³-hybridized carbons (Fsp3) is 0.429. The Morgan fingerprint density at radius 2 is 1.93 bits per heavy atom. The minimum absolute atomic E-state index is 0.0501. The van der Waals surface area contributed by atoms with Crippen molar-refractivity contribution in [2.75, 3.05) is 26.8 Å². The summed E-state index contributed by atoms with van der Waals surface area (Å²) < 4.78 is 40.1. The third-order valence-corrected chi connectivity index (χ3v) is 7.06. The summed E-state index contributed by atoms with van der Waals surface area (Å²) in [5, 5.41) is 0.887. The average Bonchev–Trinajstić information content (AvgIpc) is 3.37. The van der Waals surface area contributed by atoms with Gasteiger partial charge in [0.05, 0.1) is 18.8 Å². The largest absolute Gasteiger partial charge is 0.457 e. The molecule has 0 bridgehead atoms. The van der Waals surface area contributed by atoms with Gasteiger partial charge in [0.25, 0.3) is 0 Å². The first-order valence-electron chi connectivity index (χ1n) is 9.81. The first kappa shape index (κ1) is 20.3. The summed E-state index contributed by atoms with van der Waals surface area (Å²) in [4.78, 5) is 5.59.